The van der Waals surface area contributed by atoms with Crippen molar-refractivity contribution in [3.63, 3.8) is 0 Å². The molecule has 0 fully saturated rings. The minimum atomic E-state index is 0.0290. The van der Waals surface area contributed by atoms with Gasteiger partial charge in [-0.25, -0.2) is 0 Å². The Labute approximate surface area is 140 Å². The van der Waals surface area contributed by atoms with Gasteiger partial charge in [-0.05, 0) is 47.7 Å². The van der Waals surface area contributed by atoms with Crippen LogP contribution in [0, 0.1) is 0 Å². The lowest BCUT2D eigenvalue weighted by Crippen LogP contribution is -2.19. The second-order valence-electron chi connectivity index (χ2n) is 5.46. The number of nitrogens with one attached hydrogen (secondary N) is 1. The summed E-state index contributed by atoms with van der Waals surface area (Å²) in [5, 5.41) is 5.05. The van der Waals surface area contributed by atoms with E-state index in [-0.39, 0.29) is 11.9 Å². The van der Waals surface area contributed by atoms with E-state index in [1.54, 1.807) is 11.3 Å². The van der Waals surface area contributed by atoms with Gasteiger partial charge in [-0.15, -0.1) is 11.3 Å². The van der Waals surface area contributed by atoms with Crippen molar-refractivity contribution in [1.82, 2.24) is 4.57 Å². The van der Waals surface area contributed by atoms with Crippen LogP contribution in [0.5, 0.6) is 0 Å². The number of benzene rings is 1. The van der Waals surface area contributed by atoms with Gasteiger partial charge in [0, 0.05) is 23.0 Å². The highest BCUT2D eigenvalue weighted by Crippen LogP contribution is 2.27. The predicted octanol–water partition coefficient (Wildman–Crippen LogP) is 4.73. The van der Waals surface area contributed by atoms with Crippen LogP contribution < -0.4 is 5.32 Å². The summed E-state index contributed by atoms with van der Waals surface area (Å²) >= 11 is 1.68. The fourth-order valence-electron chi connectivity index (χ4n) is 2.60. The largest absolute Gasteiger partial charge is 0.346 e. The van der Waals surface area contributed by atoms with Gasteiger partial charge in [-0.3, -0.25) is 4.79 Å². The Morgan fingerprint density at radius 1 is 1.13 bits per heavy atom. The molecule has 0 aliphatic carbocycles. The van der Waals surface area contributed by atoms with Gasteiger partial charge in [-0.1, -0.05) is 25.1 Å². The smallest absolute Gasteiger partial charge is 0.226 e. The second kappa shape index (κ2) is 7.29. The van der Waals surface area contributed by atoms with E-state index < -0.39 is 0 Å². The van der Waals surface area contributed by atoms with Gasteiger partial charge in [0.25, 0.3) is 0 Å². The number of hydrogen-bond acceptors (Lipinski definition) is 2. The molecular formula is C19H20N2OS. The van der Waals surface area contributed by atoms with Crippen LogP contribution in [0.1, 0.15) is 29.8 Å². The van der Waals surface area contributed by atoms with Gasteiger partial charge in [0.15, 0.2) is 0 Å². The Morgan fingerprint density at radius 2 is 1.87 bits per heavy atom. The Hall–Kier alpha value is -2.33. The van der Waals surface area contributed by atoms with Crippen molar-refractivity contribution < 1.29 is 4.79 Å². The molecule has 0 spiro atoms. The topological polar surface area (TPSA) is 34.0 Å². The molecule has 2 heterocycles. The highest BCUT2D eigenvalue weighted by Gasteiger charge is 2.18. The molecule has 3 aromatic rings. The maximum absolute atomic E-state index is 12.4. The highest BCUT2D eigenvalue weighted by molar-refractivity contribution is 7.10. The second-order valence-corrected chi connectivity index (χ2v) is 6.44. The number of rotatable bonds is 6. The lowest BCUT2D eigenvalue weighted by molar-refractivity contribution is -0.116. The molecule has 0 radical (unpaired) electrons. The molecule has 118 valence electrons. The van der Waals surface area contributed by atoms with Gasteiger partial charge in [0.2, 0.25) is 5.91 Å². The van der Waals surface area contributed by atoms with Gasteiger partial charge in [-0.2, -0.15) is 0 Å². The number of nitrogens with zero attached hydrogens (tertiary/aromatic N) is 1. The Kier molecular flexibility index (Phi) is 4.93. The van der Waals surface area contributed by atoms with E-state index in [2.05, 4.69) is 35.0 Å². The molecule has 4 heteroatoms. The molecule has 1 amide bonds. The molecule has 0 unspecified atom stereocenters. The first-order valence-corrected chi connectivity index (χ1v) is 8.69. The maximum Gasteiger partial charge on any atom is 0.226 e. The molecule has 0 aliphatic rings. The number of thiophene rings is 1. The summed E-state index contributed by atoms with van der Waals surface area (Å²) in [4.78, 5) is 13.6. The van der Waals surface area contributed by atoms with E-state index in [4.69, 9.17) is 0 Å². The van der Waals surface area contributed by atoms with Crippen molar-refractivity contribution in [3.8, 4) is 0 Å². The number of aromatic nitrogens is 1. The first-order chi connectivity index (χ1) is 11.3. The van der Waals surface area contributed by atoms with Crippen molar-refractivity contribution in [1.29, 1.82) is 0 Å². The molecule has 3 nitrogen and oxygen atoms in total. The molecule has 2 aromatic heterocycles. The van der Waals surface area contributed by atoms with E-state index in [1.807, 2.05) is 48.1 Å². The molecule has 0 saturated heterocycles. The van der Waals surface area contributed by atoms with Crippen LogP contribution in [0.4, 0.5) is 5.69 Å². The minimum absolute atomic E-state index is 0.0290. The van der Waals surface area contributed by atoms with Crippen LogP contribution in [-0.4, -0.2) is 10.5 Å². The summed E-state index contributed by atoms with van der Waals surface area (Å²) in [5.74, 6) is 0.0290. The summed E-state index contributed by atoms with van der Waals surface area (Å²) in [7, 11) is 0. The average Bonchev–Trinajstić information content (AvgIpc) is 3.27. The zero-order valence-corrected chi connectivity index (χ0v) is 13.9. The van der Waals surface area contributed by atoms with E-state index in [0.717, 1.165) is 12.1 Å². The third-order valence-electron chi connectivity index (χ3n) is 3.88. The number of amides is 1. The van der Waals surface area contributed by atoms with Crippen LogP contribution >= 0.6 is 11.3 Å². The van der Waals surface area contributed by atoms with Gasteiger partial charge in [0.05, 0.1) is 12.5 Å². The van der Waals surface area contributed by atoms with Crippen molar-refractivity contribution in [2.24, 2.45) is 0 Å². The summed E-state index contributed by atoms with van der Waals surface area (Å²) in [6.45, 7) is 2.12. The molecule has 1 atom stereocenters. The molecule has 0 bridgehead atoms. The lowest BCUT2D eigenvalue weighted by Gasteiger charge is -2.17. The zero-order valence-electron chi connectivity index (χ0n) is 13.1. The molecule has 23 heavy (non-hydrogen) atoms. The number of anilines is 1. The van der Waals surface area contributed by atoms with Crippen LogP contribution in [0.15, 0.2) is 66.3 Å². The molecule has 1 aromatic carbocycles. The Balaban J connectivity index is 1.71. The number of carbonyl (C=O) groups is 1. The first kappa shape index (κ1) is 15.6. The Bertz CT molecular complexity index is 696. The standard InChI is InChI=1S/C19H20N2OS/c1-2-15-7-9-16(10-8-15)20-19(22)14-17(18-6-5-13-23-18)21-11-3-4-12-21/h3-13,17H,2,14H2,1H3,(H,20,22)/t17-/m1/s1. The SMILES string of the molecule is CCc1ccc(NC(=O)C[C@H](c2cccs2)n2cccc2)cc1. The van der Waals surface area contributed by atoms with E-state index >= 15 is 0 Å². The summed E-state index contributed by atoms with van der Waals surface area (Å²) in [6, 6.07) is 16.2. The van der Waals surface area contributed by atoms with E-state index in [0.29, 0.717) is 6.42 Å². The summed E-state index contributed by atoms with van der Waals surface area (Å²) in [5.41, 5.74) is 2.12. The molecule has 0 saturated carbocycles. The fraction of sp³-hybridized carbons (Fsp3) is 0.211. The van der Waals surface area contributed by atoms with Crippen molar-refractivity contribution >= 4 is 22.9 Å². The van der Waals surface area contributed by atoms with E-state index in [1.165, 1.54) is 10.4 Å². The quantitative estimate of drug-likeness (QED) is 0.699. The van der Waals surface area contributed by atoms with Crippen molar-refractivity contribution in [3.05, 3.63) is 76.7 Å². The average molecular weight is 324 g/mol. The lowest BCUT2D eigenvalue weighted by atomic mass is 10.1. The Morgan fingerprint density at radius 3 is 2.48 bits per heavy atom. The van der Waals surface area contributed by atoms with Gasteiger partial charge < -0.3 is 9.88 Å². The van der Waals surface area contributed by atoms with Crippen LogP contribution in [0.3, 0.4) is 0 Å². The van der Waals surface area contributed by atoms with Crippen LogP contribution in [-0.2, 0) is 11.2 Å². The third-order valence-corrected chi connectivity index (χ3v) is 4.86. The molecule has 1 N–H and O–H groups in total. The highest BCUT2D eigenvalue weighted by atomic mass is 32.1. The number of carbonyl (C=O) groups excluding carboxylic acids is 1. The van der Waals surface area contributed by atoms with Crippen LogP contribution in [0.2, 0.25) is 0 Å². The monoisotopic (exact) mass is 324 g/mol. The van der Waals surface area contributed by atoms with E-state index in [9.17, 15) is 4.79 Å². The van der Waals surface area contributed by atoms with Crippen molar-refractivity contribution in [2.75, 3.05) is 5.32 Å². The third kappa shape index (κ3) is 3.90. The normalized spacial score (nSPS) is 12.0. The molecule has 3 rings (SSSR count). The number of hydrogen-bond donors (Lipinski definition) is 1. The summed E-state index contributed by atoms with van der Waals surface area (Å²) in [6.07, 6.45) is 5.44. The van der Waals surface area contributed by atoms with Crippen LogP contribution in [0.25, 0.3) is 0 Å². The zero-order chi connectivity index (χ0) is 16.1. The first-order valence-electron chi connectivity index (χ1n) is 7.81. The predicted molar refractivity (Wildman–Crippen MR) is 96.0 cm³/mol. The van der Waals surface area contributed by atoms with Gasteiger partial charge >= 0.3 is 0 Å². The fourth-order valence-corrected chi connectivity index (χ4v) is 3.43. The molecule has 0 aliphatic heterocycles. The van der Waals surface area contributed by atoms with Gasteiger partial charge in [0.1, 0.15) is 0 Å². The maximum atomic E-state index is 12.4. The van der Waals surface area contributed by atoms with Crippen molar-refractivity contribution in [2.45, 2.75) is 25.8 Å². The number of aryl methyl sites for hydroxylation is 1. The minimum Gasteiger partial charge on any atom is -0.346 e. The molecular weight excluding hydrogens is 304 g/mol. The summed E-state index contributed by atoms with van der Waals surface area (Å²) < 4.78 is 2.09.